The highest BCUT2D eigenvalue weighted by Gasteiger charge is 2.27. The molecule has 2 rings (SSSR count). The van der Waals surface area contributed by atoms with Crippen LogP contribution in [-0.2, 0) is 4.79 Å². The molecule has 1 amide bonds. The molecule has 1 heterocycles. The average Bonchev–Trinajstić information content (AvgIpc) is 2.42. The largest absolute Gasteiger partial charge is 0.369 e. The van der Waals surface area contributed by atoms with Crippen molar-refractivity contribution in [3.05, 3.63) is 42.0 Å². The molecule has 1 aromatic rings. The van der Waals surface area contributed by atoms with Gasteiger partial charge in [0.05, 0.1) is 5.92 Å². The summed E-state index contributed by atoms with van der Waals surface area (Å²) in [5, 5.41) is 0. The molecule has 1 fully saturated rings. The second kappa shape index (κ2) is 6.53. The molecule has 0 saturated carbocycles. The number of hydrogen-bond acceptors (Lipinski definition) is 2. The summed E-state index contributed by atoms with van der Waals surface area (Å²) in [6.45, 7) is 3.88. The minimum Gasteiger partial charge on any atom is -0.369 e. The Morgan fingerprint density at radius 3 is 2.79 bits per heavy atom. The number of amides is 1. The molecular weight excluding hydrogens is 236 g/mol. The fourth-order valence-corrected chi connectivity index (χ4v) is 2.55. The fourth-order valence-electron chi connectivity index (χ4n) is 2.55. The molecule has 3 heteroatoms. The van der Waals surface area contributed by atoms with Gasteiger partial charge >= 0.3 is 0 Å². The Labute approximate surface area is 115 Å². The first-order valence-corrected chi connectivity index (χ1v) is 6.92. The number of hydrogen-bond donors (Lipinski definition) is 1. The standard InChI is InChI=1S/C16H22N2O/c1-13-9-10-15(16(17)19)12-18(13)11-5-8-14-6-3-2-4-7-14/h2-8,13,15H,9-12H2,1H3,(H2,17,19)/b8-5-/t13-,15+/m1/s1. The number of rotatable bonds is 4. The van der Waals surface area contributed by atoms with E-state index in [0.29, 0.717) is 6.04 Å². The van der Waals surface area contributed by atoms with E-state index >= 15 is 0 Å². The van der Waals surface area contributed by atoms with E-state index in [1.807, 2.05) is 18.2 Å². The molecule has 1 aliphatic heterocycles. The lowest BCUT2D eigenvalue weighted by molar-refractivity contribution is -0.123. The van der Waals surface area contributed by atoms with Crippen LogP contribution in [0.3, 0.4) is 0 Å². The highest BCUT2D eigenvalue weighted by molar-refractivity contribution is 5.77. The fraction of sp³-hybridized carbons (Fsp3) is 0.438. The summed E-state index contributed by atoms with van der Waals surface area (Å²) in [5.41, 5.74) is 6.62. The Balaban J connectivity index is 1.90. The maximum atomic E-state index is 11.3. The molecule has 0 unspecified atom stereocenters. The summed E-state index contributed by atoms with van der Waals surface area (Å²) in [4.78, 5) is 13.6. The molecule has 0 radical (unpaired) electrons. The SMILES string of the molecule is C[C@@H]1CC[C@H](C(N)=O)CN1C/C=C\c1ccccc1. The van der Waals surface area contributed by atoms with Gasteiger partial charge in [-0.25, -0.2) is 0 Å². The van der Waals surface area contributed by atoms with E-state index in [1.165, 1.54) is 5.56 Å². The number of carbonyl (C=O) groups excluding carboxylic acids is 1. The van der Waals surface area contributed by atoms with E-state index < -0.39 is 0 Å². The zero-order valence-electron chi connectivity index (χ0n) is 11.5. The zero-order chi connectivity index (χ0) is 13.7. The van der Waals surface area contributed by atoms with Crippen molar-refractivity contribution >= 4 is 12.0 Å². The summed E-state index contributed by atoms with van der Waals surface area (Å²) in [7, 11) is 0. The van der Waals surface area contributed by atoms with Crippen molar-refractivity contribution in [3.63, 3.8) is 0 Å². The van der Waals surface area contributed by atoms with E-state index in [-0.39, 0.29) is 11.8 Å². The first-order valence-electron chi connectivity index (χ1n) is 6.92. The molecule has 0 aliphatic carbocycles. The van der Waals surface area contributed by atoms with Crippen molar-refractivity contribution in [2.75, 3.05) is 13.1 Å². The van der Waals surface area contributed by atoms with Gasteiger partial charge in [-0.3, -0.25) is 9.69 Å². The van der Waals surface area contributed by atoms with Crippen LogP contribution < -0.4 is 5.73 Å². The molecule has 1 saturated heterocycles. The van der Waals surface area contributed by atoms with Gasteiger partial charge in [-0.2, -0.15) is 0 Å². The minimum absolute atomic E-state index is 0.0151. The van der Waals surface area contributed by atoms with Crippen LogP contribution in [0.25, 0.3) is 6.08 Å². The lowest BCUT2D eigenvalue weighted by atomic mass is 9.93. The molecule has 19 heavy (non-hydrogen) atoms. The highest BCUT2D eigenvalue weighted by Crippen LogP contribution is 2.21. The van der Waals surface area contributed by atoms with Crippen molar-refractivity contribution in [1.29, 1.82) is 0 Å². The molecule has 3 nitrogen and oxygen atoms in total. The van der Waals surface area contributed by atoms with Crippen LogP contribution in [0.4, 0.5) is 0 Å². The molecular formula is C16H22N2O. The first kappa shape index (κ1) is 13.8. The number of likely N-dealkylation sites (tertiary alicyclic amines) is 1. The Hall–Kier alpha value is -1.61. The number of benzene rings is 1. The Morgan fingerprint density at radius 2 is 2.11 bits per heavy atom. The van der Waals surface area contributed by atoms with Crippen LogP contribution in [0.2, 0.25) is 0 Å². The third kappa shape index (κ3) is 3.93. The maximum absolute atomic E-state index is 11.3. The second-order valence-corrected chi connectivity index (χ2v) is 5.29. The maximum Gasteiger partial charge on any atom is 0.221 e. The summed E-state index contributed by atoms with van der Waals surface area (Å²) in [5.74, 6) is -0.148. The average molecular weight is 258 g/mol. The van der Waals surface area contributed by atoms with Gasteiger partial charge < -0.3 is 5.73 Å². The van der Waals surface area contributed by atoms with Crippen molar-refractivity contribution in [2.45, 2.75) is 25.8 Å². The van der Waals surface area contributed by atoms with Gasteiger partial charge in [-0.15, -0.1) is 0 Å². The molecule has 0 spiro atoms. The quantitative estimate of drug-likeness (QED) is 0.900. The Morgan fingerprint density at radius 1 is 1.37 bits per heavy atom. The van der Waals surface area contributed by atoms with Crippen LogP contribution in [0.5, 0.6) is 0 Å². The number of primary amides is 1. The van der Waals surface area contributed by atoms with E-state index in [0.717, 1.165) is 25.9 Å². The summed E-state index contributed by atoms with van der Waals surface area (Å²) in [6, 6.07) is 10.8. The molecule has 0 aromatic heterocycles. The van der Waals surface area contributed by atoms with Gasteiger partial charge in [-0.05, 0) is 25.3 Å². The van der Waals surface area contributed by atoms with Crippen LogP contribution >= 0.6 is 0 Å². The molecule has 2 N–H and O–H groups in total. The predicted octanol–water partition coefficient (Wildman–Crippen LogP) is 2.29. The molecule has 1 aromatic carbocycles. The number of piperidine rings is 1. The zero-order valence-corrected chi connectivity index (χ0v) is 11.5. The monoisotopic (exact) mass is 258 g/mol. The Kier molecular flexibility index (Phi) is 4.74. The number of carbonyl (C=O) groups is 1. The Bertz CT molecular complexity index is 441. The highest BCUT2D eigenvalue weighted by atomic mass is 16.1. The summed E-state index contributed by atoms with van der Waals surface area (Å²) < 4.78 is 0. The third-order valence-electron chi connectivity index (χ3n) is 3.86. The number of nitrogens with zero attached hydrogens (tertiary/aromatic N) is 1. The topological polar surface area (TPSA) is 46.3 Å². The predicted molar refractivity (Wildman–Crippen MR) is 78.4 cm³/mol. The smallest absolute Gasteiger partial charge is 0.221 e. The van der Waals surface area contributed by atoms with Gasteiger partial charge in [0, 0.05) is 19.1 Å². The van der Waals surface area contributed by atoms with Crippen LogP contribution in [0, 0.1) is 5.92 Å². The van der Waals surface area contributed by atoms with E-state index in [9.17, 15) is 4.79 Å². The minimum atomic E-state index is -0.163. The van der Waals surface area contributed by atoms with Gasteiger partial charge in [0.25, 0.3) is 0 Å². The van der Waals surface area contributed by atoms with Crippen molar-refractivity contribution < 1.29 is 4.79 Å². The molecule has 1 aliphatic rings. The van der Waals surface area contributed by atoms with Gasteiger partial charge in [0.1, 0.15) is 0 Å². The van der Waals surface area contributed by atoms with Crippen molar-refractivity contribution in [2.24, 2.45) is 11.7 Å². The normalized spacial score (nSPS) is 24.7. The molecule has 2 atom stereocenters. The third-order valence-corrected chi connectivity index (χ3v) is 3.86. The lowest BCUT2D eigenvalue weighted by Gasteiger charge is -2.36. The van der Waals surface area contributed by atoms with Crippen molar-refractivity contribution in [3.8, 4) is 0 Å². The van der Waals surface area contributed by atoms with Gasteiger partial charge in [0.2, 0.25) is 5.91 Å². The first-order chi connectivity index (χ1) is 9.16. The summed E-state index contributed by atoms with van der Waals surface area (Å²) >= 11 is 0. The van der Waals surface area contributed by atoms with Gasteiger partial charge in [-0.1, -0.05) is 42.5 Å². The van der Waals surface area contributed by atoms with E-state index in [4.69, 9.17) is 5.73 Å². The number of nitrogens with two attached hydrogens (primary N) is 1. The van der Waals surface area contributed by atoms with E-state index in [2.05, 4.69) is 36.1 Å². The van der Waals surface area contributed by atoms with Crippen LogP contribution in [0.15, 0.2) is 36.4 Å². The molecule has 0 bridgehead atoms. The van der Waals surface area contributed by atoms with Gasteiger partial charge in [0.15, 0.2) is 0 Å². The summed E-state index contributed by atoms with van der Waals surface area (Å²) in [6.07, 6.45) is 6.26. The van der Waals surface area contributed by atoms with Crippen LogP contribution in [-0.4, -0.2) is 29.9 Å². The molecule has 102 valence electrons. The van der Waals surface area contributed by atoms with Crippen LogP contribution in [0.1, 0.15) is 25.3 Å². The second-order valence-electron chi connectivity index (χ2n) is 5.29. The van der Waals surface area contributed by atoms with E-state index in [1.54, 1.807) is 0 Å². The van der Waals surface area contributed by atoms with Crippen molar-refractivity contribution in [1.82, 2.24) is 4.90 Å². The lowest BCUT2D eigenvalue weighted by Crippen LogP contribution is -2.45.